The topological polar surface area (TPSA) is 133 Å². The van der Waals surface area contributed by atoms with Crippen LogP contribution < -0.4 is 10.6 Å². The molecule has 3 aliphatic rings. The van der Waals surface area contributed by atoms with Gasteiger partial charge in [-0.3, -0.25) is 14.4 Å². The van der Waals surface area contributed by atoms with Gasteiger partial charge in [0.15, 0.2) is 0 Å². The van der Waals surface area contributed by atoms with Crippen molar-refractivity contribution in [3.8, 4) is 11.3 Å². The van der Waals surface area contributed by atoms with Gasteiger partial charge in [0.05, 0.1) is 23.9 Å². The Kier molecular flexibility index (Phi) is 12.0. The molecule has 0 spiro atoms. The predicted octanol–water partition coefficient (Wildman–Crippen LogP) is 6.92. The number of fused-ring (bicyclic) bond motifs is 1. The van der Waals surface area contributed by atoms with Gasteiger partial charge in [0, 0.05) is 42.3 Å². The molecule has 3 aromatic carbocycles. The van der Waals surface area contributed by atoms with E-state index in [-0.39, 0.29) is 30.4 Å². The highest BCUT2D eigenvalue weighted by molar-refractivity contribution is 6.06. The van der Waals surface area contributed by atoms with Crippen LogP contribution in [0.3, 0.4) is 0 Å². The van der Waals surface area contributed by atoms with Crippen LogP contribution >= 0.6 is 0 Å². The Morgan fingerprint density at radius 2 is 1.66 bits per heavy atom. The van der Waals surface area contributed by atoms with Crippen molar-refractivity contribution >= 4 is 46.4 Å². The lowest BCUT2D eigenvalue weighted by molar-refractivity contribution is -0.139. The third kappa shape index (κ3) is 8.74. The van der Waals surface area contributed by atoms with Crippen LogP contribution in [0.1, 0.15) is 85.2 Å². The summed E-state index contributed by atoms with van der Waals surface area (Å²) in [5.74, 6) is -1.30. The number of anilines is 1. The summed E-state index contributed by atoms with van der Waals surface area (Å²) in [7, 11) is 4.02. The number of carboxylic acid groups (broad SMARTS) is 1. The maximum absolute atomic E-state index is 14.3. The summed E-state index contributed by atoms with van der Waals surface area (Å²) in [6.07, 6.45) is 10.8. The van der Waals surface area contributed by atoms with Crippen LogP contribution in [0.5, 0.6) is 0 Å². The van der Waals surface area contributed by atoms with E-state index >= 15 is 0 Å². The van der Waals surface area contributed by atoms with Crippen molar-refractivity contribution in [1.29, 1.82) is 0 Å². The molecule has 0 bridgehead atoms. The normalized spacial score (nSPS) is 18.8. The number of carboxylic acids is 1. The Labute approximate surface area is 328 Å². The van der Waals surface area contributed by atoms with Gasteiger partial charge in [-0.05, 0) is 92.7 Å². The average Bonchev–Trinajstić information content (AvgIpc) is 3.81. The lowest BCUT2D eigenvalue weighted by Crippen LogP contribution is -2.55. The zero-order valence-electron chi connectivity index (χ0n) is 32.5. The minimum Gasteiger partial charge on any atom is -0.478 e. The van der Waals surface area contributed by atoms with Gasteiger partial charge in [0.1, 0.15) is 12.1 Å². The monoisotopic (exact) mass is 759 g/mol. The first-order chi connectivity index (χ1) is 27.1. The minimum atomic E-state index is -1.09. The van der Waals surface area contributed by atoms with E-state index < -0.39 is 11.5 Å². The Morgan fingerprint density at radius 3 is 2.36 bits per heavy atom. The number of benzene rings is 3. The van der Waals surface area contributed by atoms with E-state index in [9.17, 15) is 19.2 Å². The van der Waals surface area contributed by atoms with Crippen LogP contribution in [0.4, 0.5) is 5.69 Å². The van der Waals surface area contributed by atoms with Gasteiger partial charge in [-0.2, -0.15) is 0 Å². The molecule has 11 nitrogen and oxygen atoms in total. The third-order valence-corrected chi connectivity index (χ3v) is 11.6. The molecule has 2 aliphatic carbocycles. The highest BCUT2D eigenvalue weighted by Crippen LogP contribution is 2.44. The van der Waals surface area contributed by atoms with Crippen molar-refractivity contribution in [2.24, 2.45) is 0 Å². The minimum absolute atomic E-state index is 0.0173. The molecule has 294 valence electrons. The van der Waals surface area contributed by atoms with Gasteiger partial charge in [-0.1, -0.05) is 80.6 Å². The second-order valence-corrected chi connectivity index (χ2v) is 15.9. The summed E-state index contributed by atoms with van der Waals surface area (Å²) in [4.78, 5) is 57.4. The Balaban J connectivity index is 1.22. The van der Waals surface area contributed by atoms with E-state index in [0.29, 0.717) is 55.3 Å². The maximum atomic E-state index is 14.3. The van der Waals surface area contributed by atoms with E-state index in [2.05, 4.69) is 32.2 Å². The second kappa shape index (κ2) is 17.3. The summed E-state index contributed by atoms with van der Waals surface area (Å²) in [5, 5.41) is 16.2. The van der Waals surface area contributed by atoms with Crippen molar-refractivity contribution < 1.29 is 29.0 Å². The van der Waals surface area contributed by atoms with Gasteiger partial charge in [0.2, 0.25) is 11.8 Å². The number of morpholine rings is 1. The molecule has 56 heavy (non-hydrogen) atoms. The van der Waals surface area contributed by atoms with Gasteiger partial charge < -0.3 is 34.8 Å². The smallest absolute Gasteiger partial charge is 0.328 e. The number of nitrogens with one attached hydrogen (secondary N) is 2. The first-order valence-corrected chi connectivity index (χ1v) is 20.0. The van der Waals surface area contributed by atoms with E-state index in [1.54, 1.807) is 24.3 Å². The molecule has 1 atom stereocenters. The largest absolute Gasteiger partial charge is 0.478 e. The fraction of sp³-hybridized carbons (Fsp3) is 0.422. The molecule has 7 rings (SSSR count). The molecule has 1 unspecified atom stereocenters. The molecule has 3 amide bonds. The molecule has 1 aromatic heterocycles. The molecule has 2 saturated carbocycles. The highest BCUT2D eigenvalue weighted by Gasteiger charge is 2.43. The zero-order chi connectivity index (χ0) is 39.2. The Morgan fingerprint density at radius 1 is 0.929 bits per heavy atom. The number of carbonyl (C=O) groups excluding carboxylic acids is 3. The Bertz CT molecular complexity index is 2080. The molecule has 0 radical (unpaired) electrons. The molecular formula is C45H53N5O6. The molecule has 3 fully saturated rings. The van der Waals surface area contributed by atoms with Crippen LogP contribution in [-0.4, -0.2) is 95.1 Å². The van der Waals surface area contributed by atoms with Crippen molar-refractivity contribution in [2.45, 2.75) is 81.9 Å². The molecule has 2 heterocycles. The van der Waals surface area contributed by atoms with E-state index in [1.807, 2.05) is 55.4 Å². The number of hydrogen-bond donors (Lipinski definition) is 3. The quantitative estimate of drug-likeness (QED) is 0.134. The van der Waals surface area contributed by atoms with Crippen LogP contribution in [0.2, 0.25) is 0 Å². The van der Waals surface area contributed by atoms with Crippen molar-refractivity contribution in [1.82, 2.24) is 19.7 Å². The average molecular weight is 760 g/mol. The number of hydrogen-bond acceptors (Lipinski definition) is 6. The number of ether oxygens (including phenoxy) is 1. The number of likely N-dealkylation sites (N-methyl/N-ethyl adjacent to an activating group) is 1. The van der Waals surface area contributed by atoms with Crippen molar-refractivity contribution in [3.05, 3.63) is 95.6 Å². The molecule has 4 aromatic rings. The number of aliphatic carboxylic acids is 1. The summed E-state index contributed by atoms with van der Waals surface area (Å²) >= 11 is 0. The summed E-state index contributed by atoms with van der Waals surface area (Å²) in [6.45, 7) is 2.40. The predicted molar refractivity (Wildman–Crippen MR) is 218 cm³/mol. The Hall–Kier alpha value is -5.26. The summed E-state index contributed by atoms with van der Waals surface area (Å²) in [6, 6.07) is 23.0. The highest BCUT2D eigenvalue weighted by atomic mass is 16.5. The lowest BCUT2D eigenvalue weighted by atomic mass is 9.81. The van der Waals surface area contributed by atoms with Crippen LogP contribution in [0, 0.1) is 0 Å². The number of carbonyl (C=O) groups is 4. The molecule has 1 saturated heterocycles. The number of rotatable bonds is 12. The molecule has 1 aliphatic heterocycles. The van der Waals surface area contributed by atoms with E-state index in [0.717, 1.165) is 73.3 Å². The standard InChI is InChI=1S/C45H53N5O6/c1-48(2)28-36-29-49(25-26-56-36)39(51)30-50-38-27-34(18-21-37(38)41(32-11-5-3-6-12-32)42(50)33-13-7-4-8-14-33)43(54)47-45(23-9-10-24-45)44(55)46-35-19-15-31(16-20-35)17-22-40(52)53/h4,7-8,13-22,27,32,36H,3,5-6,9-12,23-26,28-30H2,1-2H3,(H,46,55)(H,47,54)(H,52,53). The fourth-order valence-electron chi connectivity index (χ4n) is 8.87. The molecule has 11 heteroatoms. The summed E-state index contributed by atoms with van der Waals surface area (Å²) in [5.41, 5.74) is 4.76. The second-order valence-electron chi connectivity index (χ2n) is 15.9. The number of aromatic nitrogens is 1. The van der Waals surface area contributed by atoms with E-state index in [1.165, 1.54) is 18.1 Å². The SMILES string of the molecule is CN(C)CC1CN(C(=O)Cn2c(-c3ccccc3)c(C3CCCCC3)c3ccc(C(=O)NC4(C(=O)Nc5ccc(C=CC(=O)O)cc5)CCCC4)cc32)CCO1. The van der Waals surface area contributed by atoms with E-state index in [4.69, 9.17) is 9.84 Å². The van der Waals surface area contributed by atoms with Gasteiger partial charge >= 0.3 is 5.97 Å². The maximum Gasteiger partial charge on any atom is 0.328 e. The van der Waals surface area contributed by atoms with Gasteiger partial charge in [-0.25, -0.2) is 4.79 Å². The summed E-state index contributed by atoms with van der Waals surface area (Å²) < 4.78 is 8.14. The molecule has 3 N–H and O–H groups in total. The lowest BCUT2D eigenvalue weighted by Gasteiger charge is -2.34. The van der Waals surface area contributed by atoms with Crippen LogP contribution in [0.25, 0.3) is 28.2 Å². The van der Waals surface area contributed by atoms with Gasteiger partial charge in [-0.15, -0.1) is 0 Å². The first kappa shape index (κ1) is 39.0. The van der Waals surface area contributed by atoms with Crippen molar-refractivity contribution in [2.75, 3.05) is 45.7 Å². The van der Waals surface area contributed by atoms with Crippen LogP contribution in [-0.2, 0) is 25.7 Å². The zero-order valence-corrected chi connectivity index (χ0v) is 32.5. The molecular weight excluding hydrogens is 707 g/mol. The fourth-order valence-corrected chi connectivity index (χ4v) is 8.87. The van der Waals surface area contributed by atoms with Gasteiger partial charge in [0.25, 0.3) is 5.91 Å². The third-order valence-electron chi connectivity index (χ3n) is 11.6. The number of amides is 3. The first-order valence-electron chi connectivity index (χ1n) is 20.0. The van der Waals surface area contributed by atoms with Crippen LogP contribution in [0.15, 0.2) is 78.9 Å². The van der Waals surface area contributed by atoms with Crippen molar-refractivity contribution in [3.63, 3.8) is 0 Å². The number of nitrogens with zero attached hydrogens (tertiary/aromatic N) is 3.